The summed E-state index contributed by atoms with van der Waals surface area (Å²) >= 11 is 1.21. The van der Waals surface area contributed by atoms with E-state index in [1.807, 2.05) is 62.4 Å². The molecule has 1 aliphatic rings. The number of benzene rings is 3. The molecular weight excluding hydrogens is 472 g/mol. The molecular formula is C28H26N4O3S. The number of hydrogen-bond donors (Lipinski definition) is 1. The molecule has 0 unspecified atom stereocenters. The Balaban J connectivity index is 1.45. The quantitative estimate of drug-likeness (QED) is 0.303. The van der Waals surface area contributed by atoms with Gasteiger partial charge < -0.3 is 10.2 Å². The van der Waals surface area contributed by atoms with Gasteiger partial charge in [-0.05, 0) is 56.2 Å². The maximum atomic E-state index is 13.5. The van der Waals surface area contributed by atoms with Gasteiger partial charge in [-0.3, -0.25) is 19.0 Å². The van der Waals surface area contributed by atoms with Crippen LogP contribution in [0.2, 0.25) is 0 Å². The van der Waals surface area contributed by atoms with Gasteiger partial charge in [0, 0.05) is 13.0 Å². The first-order chi connectivity index (χ1) is 17.4. The summed E-state index contributed by atoms with van der Waals surface area (Å²) in [5.41, 5.74) is 4.50. The summed E-state index contributed by atoms with van der Waals surface area (Å²) in [4.78, 5) is 45.2. The monoisotopic (exact) mass is 498 g/mol. The number of aromatic nitrogens is 2. The van der Waals surface area contributed by atoms with Crippen molar-refractivity contribution in [2.24, 2.45) is 0 Å². The highest BCUT2D eigenvalue weighted by molar-refractivity contribution is 7.99. The summed E-state index contributed by atoms with van der Waals surface area (Å²) in [5.74, 6) is -0.129. The molecule has 1 aromatic heterocycles. The van der Waals surface area contributed by atoms with Crippen molar-refractivity contribution >= 4 is 45.9 Å². The Morgan fingerprint density at radius 1 is 1.00 bits per heavy atom. The number of fused-ring (bicyclic) bond motifs is 1. The van der Waals surface area contributed by atoms with Gasteiger partial charge in [0.05, 0.1) is 33.7 Å². The van der Waals surface area contributed by atoms with Crippen molar-refractivity contribution in [2.75, 3.05) is 22.5 Å². The van der Waals surface area contributed by atoms with E-state index in [0.29, 0.717) is 40.4 Å². The maximum absolute atomic E-state index is 13.5. The van der Waals surface area contributed by atoms with Crippen LogP contribution in [0.3, 0.4) is 0 Å². The number of para-hydroxylation sites is 3. The topological polar surface area (TPSA) is 84.3 Å². The van der Waals surface area contributed by atoms with Crippen LogP contribution in [0.15, 0.2) is 76.7 Å². The highest BCUT2D eigenvalue weighted by atomic mass is 32.2. The van der Waals surface area contributed by atoms with Crippen molar-refractivity contribution in [3.63, 3.8) is 0 Å². The minimum atomic E-state index is -0.242. The second-order valence-electron chi connectivity index (χ2n) is 8.84. The fraction of sp³-hybridized carbons (Fsp3) is 0.214. The molecule has 5 rings (SSSR count). The third kappa shape index (κ3) is 4.64. The highest BCUT2D eigenvalue weighted by Crippen LogP contribution is 2.30. The third-order valence-electron chi connectivity index (χ3n) is 6.21. The van der Waals surface area contributed by atoms with Crippen LogP contribution in [-0.4, -0.2) is 33.7 Å². The molecule has 0 atom stereocenters. The minimum Gasteiger partial charge on any atom is -0.324 e. The first kappa shape index (κ1) is 23.8. The number of thioether (sulfide) groups is 1. The van der Waals surface area contributed by atoms with Crippen molar-refractivity contribution in [1.29, 1.82) is 0 Å². The van der Waals surface area contributed by atoms with Crippen molar-refractivity contribution in [2.45, 2.75) is 31.8 Å². The van der Waals surface area contributed by atoms with Gasteiger partial charge in [0.2, 0.25) is 11.8 Å². The van der Waals surface area contributed by atoms with Gasteiger partial charge in [-0.1, -0.05) is 53.7 Å². The van der Waals surface area contributed by atoms with E-state index >= 15 is 0 Å². The summed E-state index contributed by atoms with van der Waals surface area (Å²) in [6.07, 6.45) is 1.32. The fourth-order valence-electron chi connectivity index (χ4n) is 4.51. The van der Waals surface area contributed by atoms with Crippen LogP contribution in [0, 0.1) is 13.8 Å². The number of nitrogens with one attached hydrogen (secondary N) is 1. The van der Waals surface area contributed by atoms with Crippen LogP contribution in [0.25, 0.3) is 16.6 Å². The summed E-state index contributed by atoms with van der Waals surface area (Å²) in [6, 6.07) is 20.4. The Bertz CT molecular complexity index is 1550. The number of carbonyl (C=O) groups excluding carboxylic acids is 2. The van der Waals surface area contributed by atoms with E-state index in [1.54, 1.807) is 27.7 Å². The predicted octanol–water partition coefficient (Wildman–Crippen LogP) is 4.86. The number of carbonyl (C=O) groups is 2. The average molecular weight is 499 g/mol. The number of aryl methyl sites for hydroxylation is 2. The lowest BCUT2D eigenvalue weighted by Crippen LogP contribution is -2.26. The second-order valence-corrected chi connectivity index (χ2v) is 9.79. The third-order valence-corrected chi connectivity index (χ3v) is 7.15. The zero-order valence-electron chi connectivity index (χ0n) is 20.2. The Morgan fingerprint density at radius 3 is 2.56 bits per heavy atom. The predicted molar refractivity (Wildman–Crippen MR) is 144 cm³/mol. The number of amides is 2. The van der Waals surface area contributed by atoms with Gasteiger partial charge in [-0.2, -0.15) is 0 Å². The van der Waals surface area contributed by atoms with Gasteiger partial charge in [0.1, 0.15) is 0 Å². The number of hydrogen-bond acceptors (Lipinski definition) is 5. The summed E-state index contributed by atoms with van der Waals surface area (Å²) in [7, 11) is 0. The van der Waals surface area contributed by atoms with Crippen LogP contribution in [0.5, 0.6) is 0 Å². The van der Waals surface area contributed by atoms with E-state index < -0.39 is 0 Å². The van der Waals surface area contributed by atoms with Gasteiger partial charge in [0.15, 0.2) is 5.16 Å². The SMILES string of the molecule is Cc1ccc(-n2c(SCC(=O)Nc3ccccc3N3CCCC3=O)nc3ccccc3c2=O)c(C)c1. The number of anilines is 2. The molecule has 7 nitrogen and oxygen atoms in total. The molecule has 182 valence electrons. The molecule has 1 fully saturated rings. The van der Waals surface area contributed by atoms with Crippen molar-refractivity contribution < 1.29 is 9.59 Å². The molecule has 1 saturated heterocycles. The molecule has 8 heteroatoms. The van der Waals surface area contributed by atoms with E-state index in [1.165, 1.54) is 11.8 Å². The molecule has 0 bridgehead atoms. The Hall–Kier alpha value is -3.91. The minimum absolute atomic E-state index is 0.0535. The molecule has 3 aromatic carbocycles. The fourth-order valence-corrected chi connectivity index (χ4v) is 5.32. The molecule has 2 amide bonds. The number of nitrogens with zero attached hydrogens (tertiary/aromatic N) is 3. The van der Waals surface area contributed by atoms with Crippen molar-refractivity contribution in [1.82, 2.24) is 9.55 Å². The lowest BCUT2D eigenvalue weighted by atomic mass is 10.1. The van der Waals surface area contributed by atoms with E-state index in [2.05, 4.69) is 5.32 Å². The highest BCUT2D eigenvalue weighted by Gasteiger charge is 2.24. The Morgan fingerprint density at radius 2 is 1.78 bits per heavy atom. The molecule has 0 radical (unpaired) electrons. The molecule has 0 spiro atoms. The zero-order chi connectivity index (χ0) is 25.2. The van der Waals surface area contributed by atoms with Gasteiger partial charge in [-0.25, -0.2) is 4.98 Å². The van der Waals surface area contributed by atoms with Crippen LogP contribution < -0.4 is 15.8 Å². The summed E-state index contributed by atoms with van der Waals surface area (Å²) in [6.45, 7) is 4.61. The summed E-state index contributed by atoms with van der Waals surface area (Å²) < 4.78 is 1.59. The van der Waals surface area contributed by atoms with E-state index in [4.69, 9.17) is 4.98 Å². The van der Waals surface area contributed by atoms with Gasteiger partial charge in [0.25, 0.3) is 5.56 Å². The molecule has 0 saturated carbocycles. The molecule has 36 heavy (non-hydrogen) atoms. The van der Waals surface area contributed by atoms with Crippen LogP contribution >= 0.6 is 11.8 Å². The Labute approximate surface area is 213 Å². The lowest BCUT2D eigenvalue weighted by Gasteiger charge is -2.20. The number of rotatable bonds is 6. The molecule has 2 heterocycles. The van der Waals surface area contributed by atoms with E-state index in [9.17, 15) is 14.4 Å². The van der Waals surface area contributed by atoms with Crippen LogP contribution in [0.1, 0.15) is 24.0 Å². The van der Waals surface area contributed by atoms with E-state index in [0.717, 1.165) is 23.2 Å². The largest absolute Gasteiger partial charge is 0.324 e. The smallest absolute Gasteiger partial charge is 0.266 e. The molecule has 1 N–H and O–H groups in total. The van der Waals surface area contributed by atoms with E-state index in [-0.39, 0.29) is 23.1 Å². The van der Waals surface area contributed by atoms with Gasteiger partial charge in [-0.15, -0.1) is 0 Å². The van der Waals surface area contributed by atoms with Crippen LogP contribution in [-0.2, 0) is 9.59 Å². The standard InChI is InChI=1S/C28H26N4O3S/c1-18-13-14-23(19(2)16-18)32-27(35)20-8-3-4-9-21(20)30-28(32)36-17-25(33)29-22-10-5-6-11-24(22)31-15-7-12-26(31)34/h3-6,8-11,13-14,16H,7,12,15,17H2,1-2H3,(H,29,33). The normalized spacial score (nSPS) is 13.4. The average Bonchev–Trinajstić information content (AvgIpc) is 3.29. The zero-order valence-corrected chi connectivity index (χ0v) is 21.0. The molecule has 0 aliphatic carbocycles. The maximum Gasteiger partial charge on any atom is 0.266 e. The van der Waals surface area contributed by atoms with Crippen molar-refractivity contribution in [3.05, 3.63) is 88.2 Å². The first-order valence-corrected chi connectivity index (χ1v) is 12.8. The molecule has 4 aromatic rings. The summed E-state index contributed by atoms with van der Waals surface area (Å²) in [5, 5.41) is 3.91. The lowest BCUT2D eigenvalue weighted by molar-refractivity contribution is -0.117. The van der Waals surface area contributed by atoms with Crippen LogP contribution in [0.4, 0.5) is 11.4 Å². The van der Waals surface area contributed by atoms with Crippen molar-refractivity contribution in [3.8, 4) is 5.69 Å². The molecule has 1 aliphatic heterocycles. The van der Waals surface area contributed by atoms with Gasteiger partial charge >= 0.3 is 0 Å². The Kier molecular flexibility index (Phi) is 6.61. The second kappa shape index (κ2) is 9.99. The first-order valence-electron chi connectivity index (χ1n) is 11.8.